The molecule has 0 fully saturated rings. The van der Waals surface area contributed by atoms with Crippen LogP contribution in [0.15, 0.2) is 0 Å². The van der Waals surface area contributed by atoms with Crippen molar-refractivity contribution in [1.82, 2.24) is 0 Å². The molecule has 0 aliphatic rings. The minimum atomic E-state index is 0.0807. The Hall–Kier alpha value is -0.0800. The van der Waals surface area contributed by atoms with Crippen LogP contribution in [-0.2, 0) is 9.84 Å². The number of hydrogen-bond donors (Lipinski definition) is 0. The largest absolute Gasteiger partial charge is 0.381 e. The van der Waals surface area contributed by atoms with Crippen molar-refractivity contribution >= 4 is 0 Å². The van der Waals surface area contributed by atoms with Crippen LogP contribution in [0.5, 0.6) is 0 Å². The summed E-state index contributed by atoms with van der Waals surface area (Å²) in [4.78, 5) is 0. The van der Waals surface area contributed by atoms with Crippen molar-refractivity contribution in [3.05, 3.63) is 0 Å². The van der Waals surface area contributed by atoms with Gasteiger partial charge in [0, 0.05) is 13.2 Å². The molecule has 0 saturated heterocycles. The third-order valence-corrected chi connectivity index (χ3v) is 2.08. The molecule has 0 heterocycles. The van der Waals surface area contributed by atoms with E-state index >= 15 is 0 Å². The SMILES string of the molecule is CCCCCOCCCCCC[O]. The molecular weight excluding hydrogens is 164 g/mol. The fraction of sp³-hybridized carbons (Fsp3) is 1.00. The number of hydrogen-bond acceptors (Lipinski definition) is 1. The van der Waals surface area contributed by atoms with E-state index in [0.717, 1.165) is 38.9 Å². The Labute approximate surface area is 82.3 Å². The number of ether oxygens (including phenoxy) is 1. The number of rotatable bonds is 10. The van der Waals surface area contributed by atoms with E-state index in [-0.39, 0.29) is 6.61 Å². The molecule has 0 saturated carbocycles. The number of unbranched alkanes of at least 4 members (excludes halogenated alkanes) is 5. The normalized spacial score (nSPS) is 10.6. The molecule has 0 N–H and O–H groups in total. The molecule has 0 atom stereocenters. The second-order valence-electron chi connectivity index (χ2n) is 3.44. The van der Waals surface area contributed by atoms with Gasteiger partial charge in [-0.25, -0.2) is 5.11 Å². The van der Waals surface area contributed by atoms with Crippen LogP contribution in [0.4, 0.5) is 0 Å². The smallest absolute Gasteiger partial charge is 0.0822 e. The molecule has 0 aromatic heterocycles. The van der Waals surface area contributed by atoms with Gasteiger partial charge in [0.1, 0.15) is 0 Å². The summed E-state index contributed by atoms with van der Waals surface area (Å²) in [5.74, 6) is 0. The monoisotopic (exact) mass is 187 g/mol. The van der Waals surface area contributed by atoms with Crippen LogP contribution in [0, 0.1) is 0 Å². The highest BCUT2D eigenvalue weighted by Gasteiger charge is 1.90. The van der Waals surface area contributed by atoms with E-state index in [1.807, 2.05) is 0 Å². The Morgan fingerprint density at radius 3 is 2.08 bits per heavy atom. The van der Waals surface area contributed by atoms with Gasteiger partial charge in [-0.2, -0.15) is 0 Å². The van der Waals surface area contributed by atoms with E-state index < -0.39 is 0 Å². The first-order valence-electron chi connectivity index (χ1n) is 5.57. The van der Waals surface area contributed by atoms with E-state index in [9.17, 15) is 5.11 Å². The highest BCUT2D eigenvalue weighted by atomic mass is 16.5. The molecule has 0 aliphatic carbocycles. The minimum Gasteiger partial charge on any atom is -0.381 e. The van der Waals surface area contributed by atoms with Crippen molar-refractivity contribution < 1.29 is 9.84 Å². The Morgan fingerprint density at radius 1 is 0.846 bits per heavy atom. The van der Waals surface area contributed by atoms with Gasteiger partial charge in [0.05, 0.1) is 6.61 Å². The highest BCUT2D eigenvalue weighted by Crippen LogP contribution is 2.00. The van der Waals surface area contributed by atoms with Gasteiger partial charge in [-0.3, -0.25) is 0 Å². The fourth-order valence-corrected chi connectivity index (χ4v) is 1.22. The molecule has 0 bridgehead atoms. The Kier molecular flexibility index (Phi) is 11.8. The average molecular weight is 187 g/mol. The van der Waals surface area contributed by atoms with E-state index in [0.29, 0.717) is 0 Å². The van der Waals surface area contributed by atoms with Crippen molar-refractivity contribution in [3.63, 3.8) is 0 Å². The van der Waals surface area contributed by atoms with Gasteiger partial charge in [-0.1, -0.05) is 32.6 Å². The third-order valence-electron chi connectivity index (χ3n) is 2.08. The second kappa shape index (κ2) is 11.9. The van der Waals surface area contributed by atoms with Crippen LogP contribution in [0.25, 0.3) is 0 Å². The molecule has 0 rings (SSSR count). The molecule has 0 aliphatic heterocycles. The van der Waals surface area contributed by atoms with Crippen molar-refractivity contribution in [2.24, 2.45) is 0 Å². The van der Waals surface area contributed by atoms with Crippen LogP contribution >= 0.6 is 0 Å². The van der Waals surface area contributed by atoms with Gasteiger partial charge in [0.15, 0.2) is 0 Å². The summed E-state index contributed by atoms with van der Waals surface area (Å²) in [7, 11) is 0. The summed E-state index contributed by atoms with van der Waals surface area (Å²) in [6.45, 7) is 4.07. The van der Waals surface area contributed by atoms with Gasteiger partial charge < -0.3 is 4.74 Å². The average Bonchev–Trinajstić information content (AvgIpc) is 2.16. The predicted octanol–water partition coefficient (Wildman–Crippen LogP) is 3.18. The molecule has 79 valence electrons. The second-order valence-corrected chi connectivity index (χ2v) is 3.44. The van der Waals surface area contributed by atoms with Crippen molar-refractivity contribution in [3.8, 4) is 0 Å². The zero-order chi connectivity index (χ0) is 9.78. The Morgan fingerprint density at radius 2 is 1.46 bits per heavy atom. The summed E-state index contributed by atoms with van der Waals surface area (Å²) >= 11 is 0. The molecule has 13 heavy (non-hydrogen) atoms. The standard InChI is InChI=1S/C11H23O2/c1-2-3-7-10-13-11-8-5-4-6-9-12/h2-11H2,1H3. The van der Waals surface area contributed by atoms with Gasteiger partial charge >= 0.3 is 0 Å². The van der Waals surface area contributed by atoms with Crippen molar-refractivity contribution in [1.29, 1.82) is 0 Å². The Balaban J connectivity index is 2.76. The molecule has 2 nitrogen and oxygen atoms in total. The van der Waals surface area contributed by atoms with Gasteiger partial charge in [0.2, 0.25) is 0 Å². The van der Waals surface area contributed by atoms with Crippen LogP contribution < -0.4 is 0 Å². The maximum atomic E-state index is 10.1. The summed E-state index contributed by atoms with van der Waals surface area (Å²) < 4.78 is 5.44. The quantitative estimate of drug-likeness (QED) is 0.483. The lowest BCUT2D eigenvalue weighted by molar-refractivity contribution is 0.124. The third kappa shape index (κ3) is 11.9. The predicted molar refractivity (Wildman–Crippen MR) is 54.4 cm³/mol. The van der Waals surface area contributed by atoms with E-state index in [1.54, 1.807) is 0 Å². The fourth-order valence-electron chi connectivity index (χ4n) is 1.22. The molecule has 1 radical (unpaired) electrons. The molecule has 0 aromatic carbocycles. The van der Waals surface area contributed by atoms with Crippen molar-refractivity contribution in [2.75, 3.05) is 19.8 Å². The molecule has 0 aromatic rings. The first-order valence-corrected chi connectivity index (χ1v) is 5.57. The molecule has 0 unspecified atom stereocenters. The summed E-state index contributed by atoms with van der Waals surface area (Å²) in [5, 5.41) is 10.1. The Bertz CT molecular complexity index is 74.2. The molecular formula is C11H23O2. The molecule has 0 amide bonds. The highest BCUT2D eigenvalue weighted by molar-refractivity contribution is 4.42. The van der Waals surface area contributed by atoms with Crippen molar-refractivity contribution in [2.45, 2.75) is 51.9 Å². The van der Waals surface area contributed by atoms with Crippen LogP contribution in [0.1, 0.15) is 51.9 Å². The zero-order valence-corrected chi connectivity index (χ0v) is 8.89. The molecule has 0 spiro atoms. The summed E-state index contributed by atoms with van der Waals surface area (Å²) in [6, 6.07) is 0. The van der Waals surface area contributed by atoms with Crippen LogP contribution in [0.2, 0.25) is 0 Å². The molecule has 2 heteroatoms. The van der Waals surface area contributed by atoms with Gasteiger partial charge in [0.25, 0.3) is 0 Å². The van der Waals surface area contributed by atoms with E-state index in [2.05, 4.69) is 6.92 Å². The maximum Gasteiger partial charge on any atom is 0.0822 e. The van der Waals surface area contributed by atoms with Crippen LogP contribution in [-0.4, -0.2) is 19.8 Å². The summed E-state index contributed by atoms with van der Waals surface area (Å²) in [5.41, 5.74) is 0. The van der Waals surface area contributed by atoms with E-state index in [4.69, 9.17) is 4.74 Å². The first-order chi connectivity index (χ1) is 6.41. The summed E-state index contributed by atoms with van der Waals surface area (Å²) in [6.07, 6.45) is 7.89. The van der Waals surface area contributed by atoms with Gasteiger partial charge in [-0.05, 0) is 19.3 Å². The van der Waals surface area contributed by atoms with Gasteiger partial charge in [-0.15, -0.1) is 0 Å². The lowest BCUT2D eigenvalue weighted by Gasteiger charge is -2.02. The van der Waals surface area contributed by atoms with E-state index in [1.165, 1.54) is 19.3 Å². The van der Waals surface area contributed by atoms with Crippen LogP contribution in [0.3, 0.4) is 0 Å². The lowest BCUT2D eigenvalue weighted by Crippen LogP contribution is -1.97. The maximum absolute atomic E-state index is 10.1. The lowest BCUT2D eigenvalue weighted by atomic mass is 10.2. The minimum absolute atomic E-state index is 0.0807. The zero-order valence-electron chi connectivity index (χ0n) is 8.89. The topological polar surface area (TPSA) is 29.1 Å². The first kappa shape index (κ1) is 12.9.